The number of nitrogens with one attached hydrogen (secondary N) is 1. The van der Waals surface area contributed by atoms with Gasteiger partial charge in [0.05, 0.1) is 12.7 Å². The fourth-order valence-corrected chi connectivity index (χ4v) is 2.82. The van der Waals surface area contributed by atoms with Crippen LogP contribution in [0.2, 0.25) is 0 Å². The van der Waals surface area contributed by atoms with Crippen molar-refractivity contribution in [3.8, 4) is 0 Å². The molecule has 1 amide bonds. The highest BCUT2D eigenvalue weighted by Gasteiger charge is 2.32. The van der Waals surface area contributed by atoms with Crippen molar-refractivity contribution in [3.05, 3.63) is 0 Å². The topological polar surface area (TPSA) is 95.9 Å². The predicted octanol–water partition coefficient (Wildman–Crippen LogP) is -0.320. The second-order valence-electron chi connectivity index (χ2n) is 4.02. The summed E-state index contributed by atoms with van der Waals surface area (Å²) in [6.07, 6.45) is -1.11. The van der Waals surface area contributed by atoms with E-state index >= 15 is 0 Å². The van der Waals surface area contributed by atoms with Crippen molar-refractivity contribution in [2.45, 2.75) is 26.4 Å². The van der Waals surface area contributed by atoms with E-state index < -0.39 is 22.4 Å². The van der Waals surface area contributed by atoms with Crippen molar-refractivity contribution >= 4 is 16.3 Å². The fourth-order valence-electron chi connectivity index (χ4n) is 1.64. The van der Waals surface area contributed by atoms with Gasteiger partial charge in [-0.25, -0.2) is 9.52 Å². The molecule has 0 aromatic carbocycles. The maximum Gasteiger partial charge on any atom is 0.421 e. The Kier molecular flexibility index (Phi) is 4.72. The number of piperidine rings is 1. The van der Waals surface area contributed by atoms with Crippen LogP contribution in [-0.4, -0.2) is 49.7 Å². The summed E-state index contributed by atoms with van der Waals surface area (Å²) >= 11 is 0. The molecule has 17 heavy (non-hydrogen) atoms. The lowest BCUT2D eigenvalue weighted by atomic mass is 9.99. The normalized spacial score (nSPS) is 26.5. The van der Waals surface area contributed by atoms with E-state index in [2.05, 4.69) is 4.74 Å². The van der Waals surface area contributed by atoms with Gasteiger partial charge in [-0.05, 0) is 19.3 Å². The fraction of sp³-hybridized carbons (Fsp3) is 0.889. The van der Waals surface area contributed by atoms with Crippen LogP contribution in [-0.2, 0) is 14.9 Å². The van der Waals surface area contributed by atoms with Crippen LogP contribution in [0.4, 0.5) is 4.79 Å². The molecule has 1 fully saturated rings. The molecule has 0 aromatic heterocycles. The second kappa shape index (κ2) is 5.65. The van der Waals surface area contributed by atoms with Gasteiger partial charge in [0.2, 0.25) is 0 Å². The highest BCUT2D eigenvalue weighted by atomic mass is 32.2. The van der Waals surface area contributed by atoms with Crippen LogP contribution in [0, 0.1) is 5.92 Å². The number of carbonyl (C=O) groups is 1. The number of aliphatic hydroxyl groups excluding tert-OH is 1. The van der Waals surface area contributed by atoms with Gasteiger partial charge in [0, 0.05) is 13.1 Å². The van der Waals surface area contributed by atoms with E-state index in [1.807, 2.05) is 4.72 Å². The van der Waals surface area contributed by atoms with Crippen molar-refractivity contribution in [3.63, 3.8) is 0 Å². The van der Waals surface area contributed by atoms with E-state index in [1.54, 1.807) is 13.8 Å². The van der Waals surface area contributed by atoms with Gasteiger partial charge >= 0.3 is 16.3 Å². The van der Waals surface area contributed by atoms with Crippen LogP contribution in [0.5, 0.6) is 0 Å². The molecule has 2 N–H and O–H groups in total. The summed E-state index contributed by atoms with van der Waals surface area (Å²) in [6, 6.07) is 0. The first kappa shape index (κ1) is 14.2. The van der Waals surface area contributed by atoms with Crippen LogP contribution < -0.4 is 4.72 Å². The Morgan fingerprint density at radius 1 is 1.59 bits per heavy atom. The standard InChI is InChI=1S/C9H18N2O5S/c1-3-16-9(13)10-17(14,15)11-5-4-8(12)7(2)6-11/h7-8,12H,3-6H2,1-2H3,(H,10,13). The van der Waals surface area contributed by atoms with Crippen LogP contribution in [0.1, 0.15) is 20.3 Å². The Labute approximate surface area is 101 Å². The molecule has 1 saturated heterocycles. The Morgan fingerprint density at radius 3 is 2.76 bits per heavy atom. The summed E-state index contributed by atoms with van der Waals surface area (Å²) in [5.41, 5.74) is 0. The molecule has 0 aromatic rings. The smallest absolute Gasteiger partial charge is 0.421 e. The molecular formula is C9H18N2O5S. The minimum atomic E-state index is -3.86. The lowest BCUT2D eigenvalue weighted by molar-refractivity contribution is 0.0624. The van der Waals surface area contributed by atoms with Crippen LogP contribution >= 0.6 is 0 Å². The van der Waals surface area contributed by atoms with E-state index in [0.717, 1.165) is 4.31 Å². The third-order valence-electron chi connectivity index (χ3n) is 2.65. The zero-order valence-corrected chi connectivity index (χ0v) is 10.7. The van der Waals surface area contributed by atoms with Gasteiger partial charge in [-0.2, -0.15) is 12.7 Å². The summed E-state index contributed by atoms with van der Waals surface area (Å²) in [5.74, 6) is -0.150. The van der Waals surface area contributed by atoms with Crippen molar-refractivity contribution in [1.82, 2.24) is 9.03 Å². The van der Waals surface area contributed by atoms with Gasteiger partial charge in [-0.1, -0.05) is 6.92 Å². The van der Waals surface area contributed by atoms with Crippen molar-refractivity contribution in [2.24, 2.45) is 5.92 Å². The molecule has 1 aliphatic heterocycles. The molecule has 8 heteroatoms. The molecule has 1 aliphatic rings. The van der Waals surface area contributed by atoms with E-state index in [1.165, 1.54) is 0 Å². The highest BCUT2D eigenvalue weighted by Crippen LogP contribution is 2.18. The van der Waals surface area contributed by atoms with Crippen LogP contribution in [0.15, 0.2) is 0 Å². The van der Waals surface area contributed by atoms with E-state index in [0.29, 0.717) is 6.42 Å². The summed E-state index contributed by atoms with van der Waals surface area (Å²) in [7, 11) is -3.86. The molecule has 0 bridgehead atoms. The lowest BCUT2D eigenvalue weighted by Crippen LogP contribution is -2.50. The van der Waals surface area contributed by atoms with Gasteiger partial charge in [0.15, 0.2) is 0 Å². The Balaban J connectivity index is 2.62. The number of carbonyl (C=O) groups excluding carboxylic acids is 1. The van der Waals surface area contributed by atoms with Gasteiger partial charge in [0.1, 0.15) is 0 Å². The number of aliphatic hydroxyl groups is 1. The van der Waals surface area contributed by atoms with Crippen molar-refractivity contribution in [1.29, 1.82) is 0 Å². The molecule has 0 spiro atoms. The van der Waals surface area contributed by atoms with Crippen LogP contribution in [0.25, 0.3) is 0 Å². The predicted molar refractivity (Wildman–Crippen MR) is 60.4 cm³/mol. The molecule has 2 atom stereocenters. The quantitative estimate of drug-likeness (QED) is 0.730. The molecule has 7 nitrogen and oxygen atoms in total. The molecular weight excluding hydrogens is 248 g/mol. The summed E-state index contributed by atoms with van der Waals surface area (Å²) < 4.78 is 31.0. The molecule has 1 heterocycles. The van der Waals surface area contributed by atoms with Gasteiger partial charge in [0.25, 0.3) is 0 Å². The minimum Gasteiger partial charge on any atom is -0.449 e. The number of rotatable bonds is 3. The summed E-state index contributed by atoms with van der Waals surface area (Å²) in [6.45, 7) is 3.84. The molecule has 100 valence electrons. The molecule has 0 radical (unpaired) electrons. The first-order chi connectivity index (χ1) is 7.86. The second-order valence-corrected chi connectivity index (χ2v) is 5.69. The van der Waals surface area contributed by atoms with Crippen molar-refractivity contribution in [2.75, 3.05) is 19.7 Å². The third kappa shape index (κ3) is 3.83. The Bertz CT molecular complexity index is 370. The summed E-state index contributed by atoms with van der Waals surface area (Å²) in [4.78, 5) is 11.1. The Hall–Kier alpha value is -0.860. The monoisotopic (exact) mass is 266 g/mol. The van der Waals surface area contributed by atoms with E-state index in [-0.39, 0.29) is 25.6 Å². The molecule has 2 unspecified atom stereocenters. The van der Waals surface area contributed by atoms with Gasteiger partial charge in [-0.15, -0.1) is 0 Å². The average molecular weight is 266 g/mol. The van der Waals surface area contributed by atoms with Crippen molar-refractivity contribution < 1.29 is 23.1 Å². The van der Waals surface area contributed by atoms with Gasteiger partial charge in [-0.3, -0.25) is 0 Å². The number of nitrogens with zero attached hydrogens (tertiary/aromatic N) is 1. The molecule has 0 aliphatic carbocycles. The third-order valence-corrected chi connectivity index (χ3v) is 4.09. The van der Waals surface area contributed by atoms with E-state index in [4.69, 9.17) is 0 Å². The molecule has 0 saturated carbocycles. The molecule has 1 rings (SSSR count). The minimum absolute atomic E-state index is 0.108. The zero-order valence-electron chi connectivity index (χ0n) is 9.92. The maximum absolute atomic E-state index is 11.8. The largest absolute Gasteiger partial charge is 0.449 e. The number of hydrogen-bond donors (Lipinski definition) is 2. The van der Waals surface area contributed by atoms with Gasteiger partial charge < -0.3 is 9.84 Å². The lowest BCUT2D eigenvalue weighted by Gasteiger charge is -2.33. The highest BCUT2D eigenvalue weighted by molar-refractivity contribution is 7.87. The first-order valence-corrected chi connectivity index (χ1v) is 6.93. The zero-order chi connectivity index (χ0) is 13.1. The van der Waals surface area contributed by atoms with Crippen LogP contribution in [0.3, 0.4) is 0 Å². The van der Waals surface area contributed by atoms with E-state index in [9.17, 15) is 18.3 Å². The maximum atomic E-state index is 11.8. The number of ether oxygens (including phenoxy) is 1. The Morgan fingerprint density at radius 2 is 2.24 bits per heavy atom. The first-order valence-electron chi connectivity index (χ1n) is 5.49. The number of amides is 1. The average Bonchev–Trinajstić information content (AvgIpc) is 2.21. The summed E-state index contributed by atoms with van der Waals surface area (Å²) in [5, 5.41) is 9.49. The number of hydrogen-bond acceptors (Lipinski definition) is 5. The SMILES string of the molecule is CCOC(=O)NS(=O)(=O)N1CCC(O)C(C)C1.